The molecule has 1 aromatic carbocycles. The average molecular weight is 333 g/mol. The molecule has 0 heterocycles. The van der Waals surface area contributed by atoms with Gasteiger partial charge >= 0.3 is 6.18 Å². The van der Waals surface area contributed by atoms with Crippen molar-refractivity contribution in [2.75, 3.05) is 25.1 Å². The highest BCUT2D eigenvalue weighted by molar-refractivity contribution is 7.98. The summed E-state index contributed by atoms with van der Waals surface area (Å²) >= 11 is 1.77. The predicted molar refractivity (Wildman–Crippen MR) is 87.3 cm³/mol. The molecule has 0 saturated heterocycles. The van der Waals surface area contributed by atoms with Crippen LogP contribution in [-0.2, 0) is 12.7 Å². The minimum Gasteiger partial charge on any atom is -0.357 e. The Balaban J connectivity index is 2.65. The third-order valence-corrected chi connectivity index (χ3v) is 3.53. The van der Waals surface area contributed by atoms with E-state index < -0.39 is 11.7 Å². The second kappa shape index (κ2) is 9.61. The average Bonchev–Trinajstić information content (AvgIpc) is 2.48. The standard InChI is InChI=1S/C15H22F3N3S/c1-3-19-14(20-8-5-9-22-2)21-11-12-6-4-7-13(10-12)15(16,17)18/h4,6-7,10H,3,5,8-9,11H2,1-2H3,(H2,19,20,21). The van der Waals surface area contributed by atoms with Crippen LogP contribution in [0.4, 0.5) is 13.2 Å². The number of aliphatic imine (C=N–C) groups is 1. The zero-order valence-corrected chi connectivity index (χ0v) is 13.7. The maximum absolute atomic E-state index is 12.7. The number of hydrogen-bond donors (Lipinski definition) is 2. The molecule has 0 amide bonds. The van der Waals surface area contributed by atoms with Crippen molar-refractivity contribution in [3.63, 3.8) is 0 Å². The first-order valence-corrected chi connectivity index (χ1v) is 8.54. The summed E-state index contributed by atoms with van der Waals surface area (Å²) in [4.78, 5) is 4.32. The Morgan fingerprint density at radius 3 is 2.68 bits per heavy atom. The van der Waals surface area contributed by atoms with Crippen molar-refractivity contribution in [3.8, 4) is 0 Å². The van der Waals surface area contributed by atoms with Crippen LogP contribution in [0.3, 0.4) is 0 Å². The monoisotopic (exact) mass is 333 g/mol. The quantitative estimate of drug-likeness (QED) is 0.455. The highest BCUT2D eigenvalue weighted by Gasteiger charge is 2.30. The second-order valence-corrected chi connectivity index (χ2v) is 5.65. The lowest BCUT2D eigenvalue weighted by molar-refractivity contribution is -0.137. The van der Waals surface area contributed by atoms with E-state index in [0.29, 0.717) is 18.1 Å². The molecule has 0 aliphatic rings. The molecule has 0 aliphatic heterocycles. The first-order chi connectivity index (χ1) is 10.5. The van der Waals surface area contributed by atoms with Crippen molar-refractivity contribution in [1.82, 2.24) is 10.6 Å². The number of nitrogens with one attached hydrogen (secondary N) is 2. The first-order valence-electron chi connectivity index (χ1n) is 7.14. The normalized spacial score (nSPS) is 12.3. The number of guanidine groups is 1. The van der Waals surface area contributed by atoms with Crippen molar-refractivity contribution in [2.24, 2.45) is 4.99 Å². The van der Waals surface area contributed by atoms with Crippen LogP contribution >= 0.6 is 11.8 Å². The van der Waals surface area contributed by atoms with Gasteiger partial charge < -0.3 is 10.6 Å². The second-order valence-electron chi connectivity index (χ2n) is 4.67. The lowest BCUT2D eigenvalue weighted by Crippen LogP contribution is -2.37. The van der Waals surface area contributed by atoms with Crippen molar-refractivity contribution in [1.29, 1.82) is 0 Å². The van der Waals surface area contributed by atoms with E-state index in [2.05, 4.69) is 15.6 Å². The van der Waals surface area contributed by atoms with Gasteiger partial charge in [0, 0.05) is 13.1 Å². The first kappa shape index (κ1) is 18.7. The lowest BCUT2D eigenvalue weighted by Gasteiger charge is -2.11. The van der Waals surface area contributed by atoms with Crippen LogP contribution in [0, 0.1) is 0 Å². The molecule has 1 rings (SSSR count). The van der Waals surface area contributed by atoms with Crippen LogP contribution in [-0.4, -0.2) is 31.1 Å². The molecule has 0 fully saturated rings. The molecule has 0 spiro atoms. The zero-order valence-electron chi connectivity index (χ0n) is 12.8. The Morgan fingerprint density at radius 1 is 1.27 bits per heavy atom. The van der Waals surface area contributed by atoms with Crippen molar-refractivity contribution in [3.05, 3.63) is 35.4 Å². The molecule has 124 valence electrons. The van der Waals surface area contributed by atoms with E-state index >= 15 is 0 Å². The summed E-state index contributed by atoms with van der Waals surface area (Å²) in [6.45, 7) is 3.65. The van der Waals surface area contributed by atoms with Gasteiger partial charge in [0.2, 0.25) is 0 Å². The van der Waals surface area contributed by atoms with Crippen LogP contribution in [0.5, 0.6) is 0 Å². The highest BCUT2D eigenvalue weighted by Crippen LogP contribution is 2.29. The van der Waals surface area contributed by atoms with Crippen LogP contribution < -0.4 is 10.6 Å². The summed E-state index contributed by atoms with van der Waals surface area (Å²) in [6, 6.07) is 5.27. The zero-order chi connectivity index (χ0) is 16.4. The van der Waals surface area contributed by atoms with E-state index in [1.807, 2.05) is 13.2 Å². The molecule has 22 heavy (non-hydrogen) atoms. The SMILES string of the molecule is CCNC(=NCc1cccc(C(F)(F)F)c1)NCCCSC. The number of rotatable bonds is 7. The Bertz CT molecular complexity index is 475. The van der Waals surface area contributed by atoms with Crippen LogP contribution in [0.15, 0.2) is 29.3 Å². The number of thioether (sulfide) groups is 1. The van der Waals surface area contributed by atoms with Crippen LogP contribution in [0.2, 0.25) is 0 Å². The topological polar surface area (TPSA) is 36.4 Å². The van der Waals surface area contributed by atoms with Gasteiger partial charge in [-0.2, -0.15) is 24.9 Å². The highest BCUT2D eigenvalue weighted by atomic mass is 32.2. The summed E-state index contributed by atoms with van der Waals surface area (Å²) in [5, 5.41) is 6.26. The lowest BCUT2D eigenvalue weighted by atomic mass is 10.1. The minimum absolute atomic E-state index is 0.210. The van der Waals surface area contributed by atoms with E-state index in [4.69, 9.17) is 0 Å². The number of nitrogens with zero attached hydrogens (tertiary/aromatic N) is 1. The molecule has 2 N–H and O–H groups in total. The van der Waals surface area contributed by atoms with Gasteiger partial charge in [0.25, 0.3) is 0 Å². The Labute approximate surface area is 133 Å². The van der Waals surface area contributed by atoms with Gasteiger partial charge in [-0.3, -0.25) is 0 Å². The van der Waals surface area contributed by atoms with Crippen LogP contribution in [0.1, 0.15) is 24.5 Å². The largest absolute Gasteiger partial charge is 0.416 e. The Kier molecular flexibility index (Phi) is 8.16. The Hall–Kier alpha value is -1.37. The van der Waals surface area contributed by atoms with E-state index in [9.17, 15) is 13.2 Å². The molecular formula is C15H22F3N3S. The molecule has 7 heteroatoms. The predicted octanol–water partition coefficient (Wildman–Crippen LogP) is 3.51. The molecule has 1 aromatic rings. The third-order valence-electron chi connectivity index (χ3n) is 2.84. The minimum atomic E-state index is -4.32. The van der Waals surface area contributed by atoms with E-state index in [1.165, 1.54) is 6.07 Å². The fraction of sp³-hybridized carbons (Fsp3) is 0.533. The smallest absolute Gasteiger partial charge is 0.357 e. The van der Waals surface area contributed by atoms with Crippen molar-refractivity contribution >= 4 is 17.7 Å². The van der Waals surface area contributed by atoms with E-state index in [-0.39, 0.29) is 6.54 Å². The molecule has 0 aliphatic carbocycles. The van der Waals surface area contributed by atoms with E-state index in [1.54, 1.807) is 17.8 Å². The van der Waals surface area contributed by atoms with Gasteiger partial charge in [0.05, 0.1) is 12.1 Å². The molecule has 0 atom stereocenters. The maximum atomic E-state index is 12.7. The van der Waals surface area contributed by atoms with Gasteiger partial charge in [-0.1, -0.05) is 12.1 Å². The van der Waals surface area contributed by atoms with Gasteiger partial charge in [-0.05, 0) is 43.0 Å². The molecule has 0 radical (unpaired) electrons. The summed E-state index contributed by atoms with van der Waals surface area (Å²) in [7, 11) is 0. The van der Waals surface area contributed by atoms with Gasteiger partial charge in [-0.25, -0.2) is 4.99 Å². The van der Waals surface area contributed by atoms with E-state index in [0.717, 1.165) is 30.9 Å². The molecule has 0 unspecified atom stereocenters. The number of benzene rings is 1. The fourth-order valence-electron chi connectivity index (χ4n) is 1.78. The van der Waals surface area contributed by atoms with Crippen LogP contribution in [0.25, 0.3) is 0 Å². The summed E-state index contributed by atoms with van der Waals surface area (Å²) in [5.74, 6) is 1.68. The number of hydrogen-bond acceptors (Lipinski definition) is 2. The van der Waals surface area contributed by atoms with Gasteiger partial charge in [0.1, 0.15) is 0 Å². The maximum Gasteiger partial charge on any atom is 0.416 e. The van der Waals surface area contributed by atoms with Crippen molar-refractivity contribution < 1.29 is 13.2 Å². The number of halogens is 3. The molecule has 0 saturated carbocycles. The summed E-state index contributed by atoms with van der Waals surface area (Å²) in [5.41, 5.74) is -0.103. The fourth-order valence-corrected chi connectivity index (χ4v) is 2.21. The summed E-state index contributed by atoms with van der Waals surface area (Å²) in [6.07, 6.45) is -1.26. The molecule has 0 aromatic heterocycles. The third kappa shape index (κ3) is 7.06. The number of alkyl halides is 3. The molecule has 3 nitrogen and oxygen atoms in total. The molecular weight excluding hydrogens is 311 g/mol. The van der Waals surface area contributed by atoms with Gasteiger partial charge in [0.15, 0.2) is 5.96 Å². The van der Waals surface area contributed by atoms with Gasteiger partial charge in [-0.15, -0.1) is 0 Å². The molecule has 0 bridgehead atoms. The Morgan fingerprint density at radius 2 is 2.05 bits per heavy atom. The van der Waals surface area contributed by atoms with Crippen molar-refractivity contribution in [2.45, 2.75) is 26.1 Å². The summed E-state index contributed by atoms with van der Waals surface area (Å²) < 4.78 is 38.0.